The van der Waals surface area contributed by atoms with Crippen molar-refractivity contribution < 1.29 is 24.5 Å². The van der Waals surface area contributed by atoms with Crippen molar-refractivity contribution in [3.05, 3.63) is 12.2 Å². The van der Waals surface area contributed by atoms with Gasteiger partial charge in [0.2, 0.25) is 5.91 Å². The highest BCUT2D eigenvalue weighted by atomic mass is 16.5. The summed E-state index contributed by atoms with van der Waals surface area (Å²) in [7, 11) is 0. The number of allylic oxidation sites excluding steroid dienone is 2. The number of carbonyl (C=O) groups excluding carboxylic acids is 2. The van der Waals surface area contributed by atoms with Gasteiger partial charge in [-0.25, -0.2) is 0 Å². The van der Waals surface area contributed by atoms with E-state index in [-0.39, 0.29) is 18.5 Å². The molecule has 0 aromatic carbocycles. The summed E-state index contributed by atoms with van der Waals surface area (Å²) in [4.78, 5) is 24.6. The molecule has 0 saturated heterocycles. The van der Waals surface area contributed by atoms with Gasteiger partial charge in [0.15, 0.2) is 0 Å². The zero-order valence-corrected chi connectivity index (χ0v) is 53.2. The average Bonchev–Trinajstić information content (AvgIpc) is 3.44. The normalized spacial score (nSPS) is 12.5. The lowest BCUT2D eigenvalue weighted by Gasteiger charge is -2.22. The van der Waals surface area contributed by atoms with E-state index in [0.717, 1.165) is 38.5 Å². The van der Waals surface area contributed by atoms with Crippen molar-refractivity contribution in [3.63, 3.8) is 0 Å². The predicted octanol–water partition coefficient (Wildman–Crippen LogP) is 23.1. The van der Waals surface area contributed by atoms with E-state index < -0.39 is 12.1 Å². The Bertz CT molecular complexity index is 1180. The third kappa shape index (κ3) is 63.8. The molecule has 464 valence electrons. The molecule has 78 heavy (non-hydrogen) atoms. The molecule has 0 rings (SSSR count). The summed E-state index contributed by atoms with van der Waals surface area (Å²) in [6.07, 6.45) is 84.1. The van der Waals surface area contributed by atoms with E-state index in [1.807, 2.05) is 0 Å². The number of carbonyl (C=O) groups is 2. The average molecular weight is 1100 g/mol. The Labute approximate surface area is 489 Å². The molecule has 6 nitrogen and oxygen atoms in total. The van der Waals surface area contributed by atoms with Crippen molar-refractivity contribution >= 4 is 11.9 Å². The quantitative estimate of drug-likeness (QED) is 0.0320. The molecule has 0 aromatic rings. The van der Waals surface area contributed by atoms with Crippen molar-refractivity contribution in [1.82, 2.24) is 5.32 Å². The molecule has 0 aromatic heterocycles. The van der Waals surface area contributed by atoms with Gasteiger partial charge in [0.05, 0.1) is 25.4 Å². The lowest BCUT2D eigenvalue weighted by molar-refractivity contribution is -0.143. The molecule has 0 aliphatic rings. The van der Waals surface area contributed by atoms with E-state index in [9.17, 15) is 19.8 Å². The SMILES string of the molecule is CCCCCCCCCCCCCCCCCCC(=O)OCCCCCCCCCCCCCC/C=C\CCCCCCCCCCCCCCCCCC(=O)NC(CO)C(O)CCCCCCCCCCCCCCCC. The van der Waals surface area contributed by atoms with Crippen LogP contribution >= 0.6 is 0 Å². The Hall–Kier alpha value is -1.40. The van der Waals surface area contributed by atoms with Gasteiger partial charge in [0.25, 0.3) is 0 Å². The second-order valence-electron chi connectivity index (χ2n) is 24.9. The van der Waals surface area contributed by atoms with E-state index in [1.54, 1.807) is 0 Å². The van der Waals surface area contributed by atoms with Crippen LogP contribution in [0.25, 0.3) is 0 Å². The smallest absolute Gasteiger partial charge is 0.305 e. The molecule has 0 spiro atoms. The zero-order chi connectivity index (χ0) is 56.4. The van der Waals surface area contributed by atoms with Crippen molar-refractivity contribution in [2.45, 2.75) is 424 Å². The van der Waals surface area contributed by atoms with E-state index in [0.29, 0.717) is 25.9 Å². The zero-order valence-electron chi connectivity index (χ0n) is 53.2. The maximum Gasteiger partial charge on any atom is 0.305 e. The maximum absolute atomic E-state index is 12.5. The molecule has 0 heterocycles. The van der Waals surface area contributed by atoms with E-state index >= 15 is 0 Å². The third-order valence-corrected chi connectivity index (χ3v) is 17.1. The predicted molar refractivity (Wildman–Crippen MR) is 343 cm³/mol. The van der Waals surface area contributed by atoms with Crippen molar-refractivity contribution in [2.24, 2.45) is 0 Å². The molecule has 2 unspecified atom stereocenters. The second kappa shape index (κ2) is 68.1. The fraction of sp³-hybridized carbons (Fsp3) is 0.944. The van der Waals surface area contributed by atoms with Gasteiger partial charge in [-0.2, -0.15) is 0 Å². The van der Waals surface area contributed by atoms with Crippen molar-refractivity contribution in [3.8, 4) is 0 Å². The molecule has 0 bridgehead atoms. The first-order valence-corrected chi connectivity index (χ1v) is 35.9. The molecular formula is C72H141NO5. The third-order valence-electron chi connectivity index (χ3n) is 17.1. The van der Waals surface area contributed by atoms with Crippen LogP contribution in [0.5, 0.6) is 0 Å². The molecule has 0 fully saturated rings. The molecule has 0 radical (unpaired) electrons. The largest absolute Gasteiger partial charge is 0.466 e. The summed E-state index contributed by atoms with van der Waals surface area (Å²) in [6, 6.07) is -0.539. The summed E-state index contributed by atoms with van der Waals surface area (Å²) in [5.41, 5.74) is 0. The number of rotatable bonds is 68. The number of hydrogen-bond donors (Lipinski definition) is 3. The van der Waals surface area contributed by atoms with Gasteiger partial charge in [0.1, 0.15) is 0 Å². The van der Waals surface area contributed by atoms with Crippen molar-refractivity contribution in [1.29, 1.82) is 0 Å². The van der Waals surface area contributed by atoms with Crippen LogP contribution in [0.1, 0.15) is 412 Å². The Balaban J connectivity index is 3.33. The summed E-state index contributed by atoms with van der Waals surface area (Å²) >= 11 is 0. The Morgan fingerprint density at radius 2 is 0.603 bits per heavy atom. The molecule has 0 aliphatic heterocycles. The standard InChI is InChI=1S/C72H141NO5/c1-3-5-7-9-11-13-15-17-19-38-42-46-50-54-58-62-66-72(77)78-67-63-59-55-51-47-43-39-36-34-32-30-28-26-24-22-20-21-23-25-27-29-31-33-35-37-41-45-49-53-57-61-65-71(76)73-69(68-74)70(75)64-60-56-52-48-44-40-18-16-14-12-10-8-6-4-2/h22,24,69-70,74-75H,3-21,23,25-68H2,1-2H3,(H,73,76)/b24-22-. The minimum absolute atomic E-state index is 0.0221. The Morgan fingerprint density at radius 1 is 0.346 bits per heavy atom. The number of nitrogens with one attached hydrogen (secondary N) is 1. The van der Waals surface area contributed by atoms with Gasteiger partial charge >= 0.3 is 5.97 Å². The Kier molecular flexibility index (Phi) is 66.9. The van der Waals surface area contributed by atoms with Crippen LogP contribution in [-0.2, 0) is 14.3 Å². The Morgan fingerprint density at radius 3 is 0.910 bits per heavy atom. The monoisotopic (exact) mass is 1100 g/mol. The number of ether oxygens (including phenoxy) is 1. The lowest BCUT2D eigenvalue weighted by atomic mass is 10.0. The molecule has 3 N–H and O–H groups in total. The fourth-order valence-electron chi connectivity index (χ4n) is 11.6. The first-order chi connectivity index (χ1) is 38.5. The summed E-state index contributed by atoms with van der Waals surface area (Å²) in [5, 5.41) is 23.3. The summed E-state index contributed by atoms with van der Waals surface area (Å²) < 4.78 is 5.50. The van der Waals surface area contributed by atoms with E-state index in [1.165, 1.54) is 340 Å². The number of aliphatic hydroxyl groups excluding tert-OH is 2. The number of hydrogen-bond acceptors (Lipinski definition) is 5. The molecule has 1 amide bonds. The lowest BCUT2D eigenvalue weighted by Crippen LogP contribution is -2.45. The van der Waals surface area contributed by atoms with Gasteiger partial charge in [0, 0.05) is 12.8 Å². The highest BCUT2D eigenvalue weighted by Gasteiger charge is 2.20. The van der Waals surface area contributed by atoms with Gasteiger partial charge in [-0.3, -0.25) is 9.59 Å². The first kappa shape index (κ1) is 76.6. The van der Waals surface area contributed by atoms with Gasteiger partial charge < -0.3 is 20.3 Å². The van der Waals surface area contributed by atoms with Crippen LogP contribution in [0.4, 0.5) is 0 Å². The maximum atomic E-state index is 12.5. The van der Waals surface area contributed by atoms with Crippen LogP contribution < -0.4 is 5.32 Å². The minimum Gasteiger partial charge on any atom is -0.466 e. The molecule has 0 aliphatic carbocycles. The van der Waals surface area contributed by atoms with Crippen LogP contribution in [0.15, 0.2) is 12.2 Å². The molecular weight excluding hydrogens is 959 g/mol. The van der Waals surface area contributed by atoms with E-state index in [2.05, 4.69) is 31.3 Å². The highest BCUT2D eigenvalue weighted by Crippen LogP contribution is 2.19. The van der Waals surface area contributed by atoms with Crippen LogP contribution in [0.2, 0.25) is 0 Å². The second-order valence-corrected chi connectivity index (χ2v) is 24.9. The fourth-order valence-corrected chi connectivity index (χ4v) is 11.6. The van der Waals surface area contributed by atoms with Gasteiger partial charge in [-0.05, 0) is 51.4 Å². The number of amides is 1. The minimum atomic E-state index is -0.662. The van der Waals surface area contributed by atoms with E-state index in [4.69, 9.17) is 4.74 Å². The number of esters is 1. The van der Waals surface area contributed by atoms with Gasteiger partial charge in [-0.15, -0.1) is 0 Å². The molecule has 2 atom stereocenters. The first-order valence-electron chi connectivity index (χ1n) is 35.9. The van der Waals surface area contributed by atoms with Crippen molar-refractivity contribution in [2.75, 3.05) is 13.2 Å². The van der Waals surface area contributed by atoms with Gasteiger partial charge in [-0.1, -0.05) is 360 Å². The van der Waals surface area contributed by atoms with Crippen LogP contribution in [0.3, 0.4) is 0 Å². The highest BCUT2D eigenvalue weighted by molar-refractivity contribution is 5.76. The number of aliphatic hydroxyl groups is 2. The van der Waals surface area contributed by atoms with Crippen LogP contribution in [0, 0.1) is 0 Å². The summed E-state index contributed by atoms with van der Waals surface area (Å²) in [5.74, 6) is -0.00780. The molecule has 6 heteroatoms. The summed E-state index contributed by atoms with van der Waals surface area (Å²) in [6.45, 7) is 5.00. The molecule has 0 saturated carbocycles. The van der Waals surface area contributed by atoms with Crippen LogP contribution in [-0.4, -0.2) is 47.4 Å². The number of unbranched alkanes of at least 4 members (excludes halogenated alkanes) is 55. The topological polar surface area (TPSA) is 95.9 Å².